The van der Waals surface area contributed by atoms with Gasteiger partial charge in [0.05, 0.1) is 34.4 Å². The van der Waals surface area contributed by atoms with E-state index >= 15 is 0 Å². The van der Waals surface area contributed by atoms with Crippen LogP contribution in [0.15, 0.2) is 35.3 Å². The SMILES string of the molecule is C#Cc1c(F)ccc2cc(O)cc(-n3cc4c5c(nc(OC[C@@]67CCCN6C[C@H](F)C7)nc5c3=O)N3CC5CCC(N5)C3CO4)c12. The third-order valence-electron chi connectivity index (χ3n) is 10.7. The van der Waals surface area contributed by atoms with Crippen LogP contribution in [0.3, 0.4) is 0 Å². The number of hydrogen-bond acceptors (Lipinski definition) is 9. The molecule has 4 aromatic rings. The topological polar surface area (TPSA) is 105 Å². The predicted octanol–water partition coefficient (Wildman–Crippen LogP) is 3.42. The van der Waals surface area contributed by atoms with Crippen molar-refractivity contribution in [2.24, 2.45) is 0 Å². The zero-order valence-electron chi connectivity index (χ0n) is 25.0. The van der Waals surface area contributed by atoms with Crippen LogP contribution in [-0.4, -0.2) is 87.2 Å². The summed E-state index contributed by atoms with van der Waals surface area (Å²) in [6.07, 6.45) is 10.6. The molecule has 5 atom stereocenters. The van der Waals surface area contributed by atoms with Crippen LogP contribution in [0, 0.1) is 18.2 Å². The molecule has 0 saturated carbocycles. The summed E-state index contributed by atoms with van der Waals surface area (Å²) in [6, 6.07) is 6.05. The zero-order chi connectivity index (χ0) is 31.3. The highest BCUT2D eigenvalue weighted by atomic mass is 19.1. The number of benzene rings is 2. The molecule has 0 amide bonds. The van der Waals surface area contributed by atoms with E-state index in [9.17, 15) is 18.7 Å². The molecular weight excluding hydrogens is 594 g/mol. The van der Waals surface area contributed by atoms with Crippen molar-refractivity contribution in [2.75, 3.05) is 37.7 Å². The Morgan fingerprint density at radius 3 is 2.98 bits per heavy atom. The lowest BCUT2D eigenvalue weighted by molar-refractivity contribution is 0.107. The largest absolute Gasteiger partial charge is 0.508 e. The van der Waals surface area contributed by atoms with E-state index in [0.29, 0.717) is 53.8 Å². The molecule has 3 unspecified atom stereocenters. The third-order valence-corrected chi connectivity index (χ3v) is 10.7. The lowest BCUT2D eigenvalue weighted by Crippen LogP contribution is -2.60. The molecule has 2 aromatic carbocycles. The Balaban J connectivity index is 1.25. The van der Waals surface area contributed by atoms with Gasteiger partial charge in [0.1, 0.15) is 48.0 Å². The fourth-order valence-corrected chi connectivity index (χ4v) is 8.62. The number of aromatic hydroxyl groups is 1. The van der Waals surface area contributed by atoms with Gasteiger partial charge in [-0.2, -0.15) is 9.97 Å². The number of halogens is 2. The third kappa shape index (κ3) is 4.04. The summed E-state index contributed by atoms with van der Waals surface area (Å²) >= 11 is 0. The highest BCUT2D eigenvalue weighted by Gasteiger charge is 2.50. The van der Waals surface area contributed by atoms with E-state index in [4.69, 9.17) is 20.9 Å². The molecular formula is C34H32F2N6O4. The first-order valence-electron chi connectivity index (χ1n) is 15.9. The molecule has 4 fully saturated rings. The van der Waals surface area contributed by atoms with Gasteiger partial charge in [-0.15, -0.1) is 6.42 Å². The molecule has 0 aliphatic carbocycles. The number of pyridine rings is 1. The van der Waals surface area contributed by atoms with Gasteiger partial charge in [-0.3, -0.25) is 14.3 Å². The Hall–Kier alpha value is -4.47. The number of fused-ring (bicyclic) bond motifs is 7. The summed E-state index contributed by atoms with van der Waals surface area (Å²) in [6.45, 7) is 2.44. The van der Waals surface area contributed by atoms with Crippen molar-refractivity contribution < 1.29 is 23.4 Å². The van der Waals surface area contributed by atoms with Crippen molar-refractivity contribution in [3.05, 3.63) is 52.2 Å². The predicted molar refractivity (Wildman–Crippen MR) is 167 cm³/mol. The number of alkyl halides is 1. The number of anilines is 1. The number of piperazine rings is 1. The van der Waals surface area contributed by atoms with Crippen LogP contribution < -0.4 is 25.2 Å². The Kier molecular flexibility index (Phi) is 6.05. The maximum absolute atomic E-state index is 15.0. The number of aromatic nitrogens is 3. The average Bonchev–Trinajstić information content (AvgIpc) is 3.68. The minimum atomic E-state index is -0.912. The van der Waals surface area contributed by atoms with Gasteiger partial charge < -0.3 is 24.8 Å². The molecule has 4 saturated heterocycles. The van der Waals surface area contributed by atoms with Crippen molar-refractivity contribution in [3.8, 4) is 35.5 Å². The van der Waals surface area contributed by atoms with Crippen LogP contribution in [0.25, 0.3) is 27.4 Å². The van der Waals surface area contributed by atoms with Crippen molar-refractivity contribution in [1.29, 1.82) is 0 Å². The van der Waals surface area contributed by atoms with Crippen LogP contribution in [-0.2, 0) is 0 Å². The number of nitrogens with zero attached hydrogens (tertiary/aromatic N) is 5. The smallest absolute Gasteiger partial charge is 0.319 e. The van der Waals surface area contributed by atoms with Gasteiger partial charge in [-0.25, -0.2) is 8.78 Å². The van der Waals surface area contributed by atoms with E-state index in [1.54, 1.807) is 6.20 Å². The molecule has 12 heteroatoms. The summed E-state index contributed by atoms with van der Waals surface area (Å²) in [4.78, 5) is 28.5. The first-order valence-corrected chi connectivity index (χ1v) is 15.9. The highest BCUT2D eigenvalue weighted by molar-refractivity contribution is 5.99. The average molecular weight is 627 g/mol. The number of hydrogen-bond donors (Lipinski definition) is 2. The minimum absolute atomic E-state index is 0.0268. The molecule has 46 heavy (non-hydrogen) atoms. The van der Waals surface area contributed by atoms with Crippen molar-refractivity contribution in [1.82, 2.24) is 24.8 Å². The summed E-state index contributed by atoms with van der Waals surface area (Å²) in [7, 11) is 0. The van der Waals surface area contributed by atoms with Crippen LogP contribution in [0.2, 0.25) is 0 Å². The number of phenols is 1. The number of nitrogens with one attached hydrogen (secondary N) is 1. The van der Waals surface area contributed by atoms with Gasteiger partial charge in [-0.05, 0) is 49.7 Å². The van der Waals surface area contributed by atoms with Crippen LogP contribution in [0.5, 0.6) is 17.5 Å². The second-order valence-electron chi connectivity index (χ2n) is 13.3. The molecule has 0 radical (unpaired) electrons. The molecule has 236 valence electrons. The first-order chi connectivity index (χ1) is 22.3. The quantitative estimate of drug-likeness (QED) is 0.330. The number of rotatable bonds is 4. The molecule has 0 spiro atoms. The monoisotopic (exact) mass is 626 g/mol. The first kappa shape index (κ1) is 27.8. The van der Waals surface area contributed by atoms with E-state index in [2.05, 4.69) is 26.0 Å². The van der Waals surface area contributed by atoms with Gasteiger partial charge in [-0.1, -0.05) is 12.0 Å². The summed E-state index contributed by atoms with van der Waals surface area (Å²) in [5, 5.41) is 15.6. The fraction of sp³-hybridized carbons (Fsp3) is 0.441. The standard InChI is InChI=1S/C34H32F2N6O4/c1-2-22-23(36)6-4-18-10-21(43)11-25(28(18)22)42-15-27-29-30(32(42)44)38-33(46-17-34-8-3-9-40(34)13-19(35)12-34)39-31(29)41-14-20-5-7-24(37-20)26(41)16-45-27/h1,4,6,10-11,15,19-20,24,26,37,43H,3,5,7-9,12-14,16-17H2/t19-,20?,24?,26?,34+/m1/s1. The summed E-state index contributed by atoms with van der Waals surface area (Å²) < 4.78 is 43.5. The molecule has 5 aliphatic rings. The zero-order valence-corrected chi connectivity index (χ0v) is 25.0. The maximum atomic E-state index is 15.0. The van der Waals surface area contributed by atoms with Crippen LogP contribution in [0.4, 0.5) is 14.6 Å². The molecule has 9 rings (SSSR count). The summed E-state index contributed by atoms with van der Waals surface area (Å²) in [5.74, 6) is 2.62. The second-order valence-corrected chi connectivity index (χ2v) is 13.3. The van der Waals surface area contributed by atoms with Crippen LogP contribution >= 0.6 is 0 Å². The van der Waals surface area contributed by atoms with E-state index in [1.165, 1.54) is 28.8 Å². The lowest BCUT2D eigenvalue weighted by Gasteiger charge is -2.40. The Labute approximate surface area is 262 Å². The van der Waals surface area contributed by atoms with Gasteiger partial charge in [0.2, 0.25) is 0 Å². The summed E-state index contributed by atoms with van der Waals surface area (Å²) in [5.41, 5.74) is -0.725. The van der Waals surface area contributed by atoms with Crippen molar-refractivity contribution >= 4 is 27.5 Å². The highest BCUT2D eigenvalue weighted by Crippen LogP contribution is 2.43. The second kappa shape index (κ2) is 10.0. The van der Waals surface area contributed by atoms with Gasteiger partial charge in [0.15, 0.2) is 0 Å². The van der Waals surface area contributed by atoms with Gasteiger partial charge in [0.25, 0.3) is 5.56 Å². The van der Waals surface area contributed by atoms with E-state index < -0.39 is 23.1 Å². The molecule has 2 N–H and O–H groups in total. The molecule has 5 aliphatic heterocycles. The minimum Gasteiger partial charge on any atom is -0.508 e. The molecule has 2 aromatic heterocycles. The van der Waals surface area contributed by atoms with Gasteiger partial charge >= 0.3 is 6.01 Å². The van der Waals surface area contributed by atoms with E-state index in [1.807, 2.05) is 0 Å². The Morgan fingerprint density at radius 2 is 2.11 bits per heavy atom. The van der Waals surface area contributed by atoms with Gasteiger partial charge in [0, 0.05) is 43.0 Å². The van der Waals surface area contributed by atoms with Crippen LogP contribution in [0.1, 0.15) is 37.7 Å². The maximum Gasteiger partial charge on any atom is 0.319 e. The van der Waals surface area contributed by atoms with Crippen molar-refractivity contribution in [2.45, 2.75) is 61.9 Å². The molecule has 2 bridgehead atoms. The molecule has 10 nitrogen and oxygen atoms in total. The normalized spacial score (nSPS) is 28.2. The number of terminal acetylenes is 1. The number of phenolic OH excluding ortho intramolecular Hbond substituents is 1. The van der Waals surface area contributed by atoms with E-state index in [0.717, 1.165) is 32.2 Å². The van der Waals surface area contributed by atoms with Crippen molar-refractivity contribution in [3.63, 3.8) is 0 Å². The number of ether oxygens (including phenoxy) is 2. The lowest BCUT2D eigenvalue weighted by atomic mass is 9.95. The van der Waals surface area contributed by atoms with E-state index in [-0.39, 0.29) is 53.3 Å². The molecule has 7 heterocycles. The Morgan fingerprint density at radius 1 is 1.22 bits per heavy atom. The Bertz CT molecular complexity index is 2050. The fourth-order valence-electron chi connectivity index (χ4n) is 8.62.